The first-order chi connectivity index (χ1) is 8.08. The minimum absolute atomic E-state index is 0.347. The Labute approximate surface area is 102 Å². The Balaban J connectivity index is 2.72. The van der Waals surface area contributed by atoms with Gasteiger partial charge in [0.25, 0.3) is 0 Å². The van der Waals surface area contributed by atoms with E-state index < -0.39 is 0 Å². The maximum atomic E-state index is 9.66. The molecule has 0 saturated carbocycles. The van der Waals surface area contributed by atoms with Crippen molar-refractivity contribution in [1.29, 1.82) is 0 Å². The molecule has 5 nitrogen and oxygen atoms in total. The summed E-state index contributed by atoms with van der Waals surface area (Å²) in [7, 11) is 0. The van der Waals surface area contributed by atoms with E-state index in [0.29, 0.717) is 12.4 Å². The van der Waals surface area contributed by atoms with Crippen LogP contribution in [0.25, 0.3) is 0 Å². The molecule has 0 radical (unpaired) electrons. The highest BCUT2D eigenvalue weighted by Gasteiger charge is 2.09. The molecule has 5 heteroatoms. The van der Waals surface area contributed by atoms with Gasteiger partial charge in [-0.15, -0.1) is 0 Å². The van der Waals surface area contributed by atoms with Crippen molar-refractivity contribution in [1.82, 2.24) is 9.97 Å². The average Bonchev–Trinajstić information content (AvgIpc) is 2.31. The van der Waals surface area contributed by atoms with E-state index in [4.69, 9.17) is 5.73 Å². The van der Waals surface area contributed by atoms with Crippen LogP contribution >= 0.6 is 0 Å². The van der Waals surface area contributed by atoms with Crippen LogP contribution in [0.15, 0.2) is 0 Å². The van der Waals surface area contributed by atoms with Gasteiger partial charge in [-0.05, 0) is 13.3 Å². The zero-order valence-corrected chi connectivity index (χ0v) is 10.8. The number of anilines is 2. The number of aliphatic hydroxyl groups is 1. The number of nitrogens with two attached hydrogens (primary N) is 1. The molecule has 0 bridgehead atoms. The second-order valence-electron chi connectivity index (χ2n) is 4.18. The molecular formula is C12H22N4O. The van der Waals surface area contributed by atoms with Gasteiger partial charge in [-0.3, -0.25) is 0 Å². The minimum atomic E-state index is -0.347. The van der Waals surface area contributed by atoms with E-state index in [1.807, 2.05) is 20.8 Å². The standard InChI is InChI=1S/C12H22N4O/c1-4-6-9(17)7-14-12-8(3)11(13)15-10(5-2)16-12/h9,17H,4-7H2,1-3H3,(H3,13,14,15,16). The van der Waals surface area contributed by atoms with E-state index in [2.05, 4.69) is 15.3 Å². The molecule has 17 heavy (non-hydrogen) atoms. The fourth-order valence-electron chi connectivity index (χ4n) is 1.56. The lowest BCUT2D eigenvalue weighted by Crippen LogP contribution is -2.21. The van der Waals surface area contributed by atoms with Gasteiger partial charge >= 0.3 is 0 Å². The van der Waals surface area contributed by atoms with Crippen LogP contribution in [0.5, 0.6) is 0 Å². The number of rotatable bonds is 6. The van der Waals surface area contributed by atoms with E-state index >= 15 is 0 Å². The molecule has 1 aromatic heterocycles. The summed E-state index contributed by atoms with van der Waals surface area (Å²) in [4.78, 5) is 8.55. The summed E-state index contributed by atoms with van der Waals surface area (Å²) in [6, 6.07) is 0. The molecule has 1 atom stereocenters. The average molecular weight is 238 g/mol. The Kier molecular flexibility index (Phi) is 5.15. The summed E-state index contributed by atoms with van der Waals surface area (Å²) in [5.41, 5.74) is 6.65. The molecule has 0 spiro atoms. The quantitative estimate of drug-likeness (QED) is 0.699. The third-order valence-corrected chi connectivity index (χ3v) is 2.67. The van der Waals surface area contributed by atoms with Crippen molar-refractivity contribution < 1.29 is 5.11 Å². The van der Waals surface area contributed by atoms with Gasteiger partial charge in [0.1, 0.15) is 17.5 Å². The second-order valence-corrected chi connectivity index (χ2v) is 4.18. The van der Waals surface area contributed by atoms with Crippen molar-refractivity contribution >= 4 is 11.6 Å². The Hall–Kier alpha value is -1.36. The van der Waals surface area contributed by atoms with E-state index in [1.54, 1.807) is 0 Å². The first-order valence-electron chi connectivity index (χ1n) is 6.13. The van der Waals surface area contributed by atoms with Gasteiger partial charge in [0.2, 0.25) is 0 Å². The highest BCUT2D eigenvalue weighted by Crippen LogP contribution is 2.17. The van der Waals surface area contributed by atoms with Crippen molar-refractivity contribution in [2.24, 2.45) is 0 Å². The summed E-state index contributed by atoms with van der Waals surface area (Å²) < 4.78 is 0. The monoisotopic (exact) mass is 238 g/mol. The van der Waals surface area contributed by atoms with Gasteiger partial charge in [0, 0.05) is 18.5 Å². The van der Waals surface area contributed by atoms with Crippen LogP contribution in [0.1, 0.15) is 38.1 Å². The highest BCUT2D eigenvalue weighted by atomic mass is 16.3. The van der Waals surface area contributed by atoms with Crippen molar-refractivity contribution in [2.45, 2.75) is 46.1 Å². The molecule has 0 fully saturated rings. The van der Waals surface area contributed by atoms with Crippen LogP contribution in [-0.4, -0.2) is 27.7 Å². The molecule has 0 amide bonds. The van der Waals surface area contributed by atoms with E-state index in [9.17, 15) is 5.11 Å². The Bertz CT molecular complexity index is 368. The molecule has 0 aliphatic heterocycles. The molecule has 0 aromatic carbocycles. The minimum Gasteiger partial charge on any atom is -0.391 e. The van der Waals surface area contributed by atoms with Gasteiger partial charge in [0.15, 0.2) is 0 Å². The maximum absolute atomic E-state index is 9.66. The third-order valence-electron chi connectivity index (χ3n) is 2.67. The molecule has 96 valence electrons. The normalized spacial score (nSPS) is 12.5. The number of aryl methyl sites for hydroxylation is 1. The summed E-state index contributed by atoms with van der Waals surface area (Å²) in [5.74, 6) is 1.95. The summed E-state index contributed by atoms with van der Waals surface area (Å²) in [6.07, 6.45) is 2.15. The molecular weight excluding hydrogens is 216 g/mol. The number of hydrogen-bond donors (Lipinski definition) is 3. The lowest BCUT2D eigenvalue weighted by atomic mass is 10.2. The van der Waals surface area contributed by atoms with Crippen molar-refractivity contribution in [3.05, 3.63) is 11.4 Å². The number of nitrogens with one attached hydrogen (secondary N) is 1. The zero-order chi connectivity index (χ0) is 12.8. The van der Waals surface area contributed by atoms with Crippen LogP contribution in [-0.2, 0) is 6.42 Å². The van der Waals surface area contributed by atoms with Crippen molar-refractivity contribution in [3.63, 3.8) is 0 Å². The molecule has 1 aromatic rings. The van der Waals surface area contributed by atoms with Crippen molar-refractivity contribution in [2.75, 3.05) is 17.6 Å². The van der Waals surface area contributed by atoms with Crippen LogP contribution in [0.4, 0.5) is 11.6 Å². The van der Waals surface area contributed by atoms with Crippen LogP contribution in [0, 0.1) is 6.92 Å². The molecule has 1 rings (SSSR count). The zero-order valence-electron chi connectivity index (χ0n) is 10.8. The van der Waals surface area contributed by atoms with Crippen LogP contribution in [0.3, 0.4) is 0 Å². The summed E-state index contributed by atoms with van der Waals surface area (Å²) >= 11 is 0. The van der Waals surface area contributed by atoms with Crippen molar-refractivity contribution in [3.8, 4) is 0 Å². The predicted molar refractivity (Wildman–Crippen MR) is 70.0 cm³/mol. The van der Waals surface area contributed by atoms with Gasteiger partial charge in [-0.1, -0.05) is 20.3 Å². The fraction of sp³-hybridized carbons (Fsp3) is 0.667. The lowest BCUT2D eigenvalue weighted by molar-refractivity contribution is 0.176. The molecule has 0 aliphatic carbocycles. The topological polar surface area (TPSA) is 84.1 Å². The Morgan fingerprint density at radius 2 is 2.06 bits per heavy atom. The molecule has 0 aliphatic rings. The number of nitrogen functional groups attached to an aromatic ring is 1. The van der Waals surface area contributed by atoms with Gasteiger partial charge in [0.05, 0.1) is 6.10 Å². The summed E-state index contributed by atoms with van der Waals surface area (Å²) in [5, 5.41) is 12.8. The van der Waals surface area contributed by atoms with Gasteiger partial charge in [-0.2, -0.15) is 0 Å². The predicted octanol–water partition coefficient (Wildman–Crippen LogP) is 1.50. The van der Waals surface area contributed by atoms with E-state index in [1.165, 1.54) is 0 Å². The van der Waals surface area contributed by atoms with E-state index in [-0.39, 0.29) is 6.10 Å². The first-order valence-corrected chi connectivity index (χ1v) is 6.13. The van der Waals surface area contributed by atoms with Crippen LogP contribution in [0.2, 0.25) is 0 Å². The summed E-state index contributed by atoms with van der Waals surface area (Å²) in [6.45, 7) is 6.41. The molecule has 4 N–H and O–H groups in total. The van der Waals surface area contributed by atoms with E-state index in [0.717, 1.165) is 36.5 Å². The lowest BCUT2D eigenvalue weighted by Gasteiger charge is -2.14. The SMILES string of the molecule is CCCC(O)CNc1nc(CC)nc(N)c1C. The number of hydrogen-bond acceptors (Lipinski definition) is 5. The third kappa shape index (κ3) is 3.85. The smallest absolute Gasteiger partial charge is 0.134 e. The maximum Gasteiger partial charge on any atom is 0.134 e. The van der Waals surface area contributed by atoms with Gasteiger partial charge in [-0.25, -0.2) is 9.97 Å². The number of aromatic nitrogens is 2. The highest BCUT2D eigenvalue weighted by molar-refractivity contribution is 5.54. The van der Waals surface area contributed by atoms with Crippen LogP contribution < -0.4 is 11.1 Å². The number of nitrogens with zero attached hydrogens (tertiary/aromatic N) is 2. The Morgan fingerprint density at radius 3 is 2.65 bits per heavy atom. The van der Waals surface area contributed by atoms with Gasteiger partial charge < -0.3 is 16.2 Å². The number of aliphatic hydroxyl groups excluding tert-OH is 1. The first kappa shape index (κ1) is 13.7. The molecule has 1 unspecified atom stereocenters. The molecule has 1 heterocycles. The second kappa shape index (κ2) is 6.39. The largest absolute Gasteiger partial charge is 0.391 e. The Morgan fingerprint density at radius 1 is 1.35 bits per heavy atom. The molecule has 0 saturated heterocycles. The fourth-order valence-corrected chi connectivity index (χ4v) is 1.56.